The molecule has 0 saturated carbocycles. The van der Waals surface area contributed by atoms with Gasteiger partial charge in [-0.05, 0) is 25.5 Å². The molecule has 1 N–H and O–H groups in total. The van der Waals surface area contributed by atoms with Gasteiger partial charge in [-0.15, -0.1) is 0 Å². The molecule has 0 unspecified atom stereocenters. The summed E-state index contributed by atoms with van der Waals surface area (Å²) in [7, 11) is 1.85. The summed E-state index contributed by atoms with van der Waals surface area (Å²) in [5, 5.41) is 4.15. The molecule has 0 radical (unpaired) electrons. The Balaban J connectivity index is 2.22. The van der Waals surface area contributed by atoms with Crippen LogP contribution in [0.25, 0.3) is 22.4 Å². The maximum atomic E-state index is 5.95. The number of anilines is 1. The predicted molar refractivity (Wildman–Crippen MR) is 76.3 cm³/mol. The van der Waals surface area contributed by atoms with Crippen molar-refractivity contribution in [3.8, 4) is 11.5 Å². The van der Waals surface area contributed by atoms with Gasteiger partial charge in [-0.2, -0.15) is 0 Å². The van der Waals surface area contributed by atoms with Crippen LogP contribution in [0.3, 0.4) is 0 Å². The molecule has 0 aliphatic rings. The lowest BCUT2D eigenvalue weighted by Crippen LogP contribution is -1.98. The van der Waals surface area contributed by atoms with Crippen molar-refractivity contribution in [3.05, 3.63) is 41.7 Å². The third-order valence-electron chi connectivity index (χ3n) is 3.30. The minimum Gasteiger partial charge on any atom is -0.454 e. The molecule has 0 aliphatic carbocycles. The van der Waals surface area contributed by atoms with Crippen LogP contribution in [0.2, 0.25) is 0 Å². The monoisotopic (exact) mass is 253 g/mol. The van der Waals surface area contributed by atoms with Crippen molar-refractivity contribution in [2.24, 2.45) is 0 Å². The molecule has 96 valence electrons. The molecular weight excluding hydrogens is 238 g/mol. The van der Waals surface area contributed by atoms with E-state index in [4.69, 9.17) is 4.42 Å². The van der Waals surface area contributed by atoms with E-state index in [2.05, 4.69) is 15.3 Å². The van der Waals surface area contributed by atoms with E-state index in [0.29, 0.717) is 0 Å². The number of fused-ring (bicyclic) bond motifs is 1. The van der Waals surface area contributed by atoms with E-state index in [1.807, 2.05) is 45.2 Å². The fourth-order valence-electron chi connectivity index (χ4n) is 2.28. The fraction of sp³-hybridized carbons (Fsp3) is 0.200. The van der Waals surface area contributed by atoms with Gasteiger partial charge < -0.3 is 9.73 Å². The molecule has 0 aliphatic heterocycles. The Bertz CT molecular complexity index is 746. The summed E-state index contributed by atoms with van der Waals surface area (Å²) in [5.41, 5.74) is 3.86. The average molecular weight is 253 g/mol. The van der Waals surface area contributed by atoms with Crippen LogP contribution in [0.1, 0.15) is 11.1 Å². The van der Waals surface area contributed by atoms with E-state index in [9.17, 15) is 0 Å². The molecule has 0 amide bonds. The van der Waals surface area contributed by atoms with Crippen molar-refractivity contribution < 1.29 is 4.42 Å². The van der Waals surface area contributed by atoms with E-state index >= 15 is 0 Å². The minimum atomic E-state index is 0.778. The van der Waals surface area contributed by atoms with Gasteiger partial charge in [0.1, 0.15) is 23.4 Å². The predicted octanol–water partition coefficient (Wildman–Crippen LogP) is 3.55. The summed E-state index contributed by atoms with van der Waals surface area (Å²) < 4.78 is 5.95. The highest BCUT2D eigenvalue weighted by atomic mass is 16.3. The second-order valence-corrected chi connectivity index (χ2v) is 4.55. The Hall–Kier alpha value is -2.36. The van der Waals surface area contributed by atoms with Crippen molar-refractivity contribution in [1.29, 1.82) is 0 Å². The van der Waals surface area contributed by atoms with Crippen molar-refractivity contribution >= 4 is 16.8 Å². The number of benzene rings is 1. The van der Waals surface area contributed by atoms with E-state index in [1.54, 1.807) is 6.33 Å². The molecule has 3 rings (SSSR count). The van der Waals surface area contributed by atoms with E-state index < -0.39 is 0 Å². The largest absolute Gasteiger partial charge is 0.454 e. The number of aryl methyl sites for hydroxylation is 1. The number of nitrogens with one attached hydrogen (secondary N) is 1. The summed E-state index contributed by atoms with van der Waals surface area (Å²) in [4.78, 5) is 8.53. The molecule has 0 saturated heterocycles. The minimum absolute atomic E-state index is 0.778. The first-order chi connectivity index (χ1) is 9.20. The highest BCUT2D eigenvalue weighted by molar-refractivity contribution is 5.85. The Morgan fingerprint density at radius 1 is 1.16 bits per heavy atom. The molecule has 1 aromatic carbocycles. The zero-order valence-electron chi connectivity index (χ0n) is 11.2. The van der Waals surface area contributed by atoms with Crippen LogP contribution < -0.4 is 5.32 Å². The quantitative estimate of drug-likeness (QED) is 0.758. The van der Waals surface area contributed by atoms with E-state index in [0.717, 1.165) is 39.4 Å². The van der Waals surface area contributed by atoms with Crippen LogP contribution in [-0.2, 0) is 0 Å². The number of aromatic nitrogens is 2. The number of nitrogens with zero attached hydrogens (tertiary/aromatic N) is 2. The average Bonchev–Trinajstić information content (AvgIpc) is 2.84. The van der Waals surface area contributed by atoms with Gasteiger partial charge in [-0.25, -0.2) is 9.97 Å². The molecule has 0 fully saturated rings. The zero-order valence-corrected chi connectivity index (χ0v) is 11.2. The van der Waals surface area contributed by atoms with Crippen molar-refractivity contribution in [3.63, 3.8) is 0 Å². The molecular formula is C15H15N3O. The lowest BCUT2D eigenvalue weighted by Gasteiger charge is -2.06. The molecule has 4 heteroatoms. The Morgan fingerprint density at radius 2 is 2.00 bits per heavy atom. The number of para-hydroxylation sites is 1. The van der Waals surface area contributed by atoms with Crippen LogP contribution in [0.15, 0.2) is 35.0 Å². The summed E-state index contributed by atoms with van der Waals surface area (Å²) in [6.45, 7) is 4.03. The molecule has 0 atom stereocenters. The number of hydrogen-bond donors (Lipinski definition) is 1. The molecule has 2 heterocycles. The smallest absolute Gasteiger partial charge is 0.154 e. The summed E-state index contributed by atoms with van der Waals surface area (Å²) in [5.74, 6) is 1.60. The molecule has 19 heavy (non-hydrogen) atoms. The van der Waals surface area contributed by atoms with Crippen LogP contribution >= 0.6 is 0 Å². The van der Waals surface area contributed by atoms with Crippen molar-refractivity contribution in [1.82, 2.24) is 9.97 Å². The highest BCUT2D eigenvalue weighted by Gasteiger charge is 2.13. The van der Waals surface area contributed by atoms with Crippen LogP contribution in [-0.4, -0.2) is 17.0 Å². The lowest BCUT2D eigenvalue weighted by atomic mass is 10.1. The van der Waals surface area contributed by atoms with Crippen LogP contribution in [0.5, 0.6) is 0 Å². The number of furan rings is 1. The Labute approximate surface area is 111 Å². The van der Waals surface area contributed by atoms with Gasteiger partial charge in [0.2, 0.25) is 0 Å². The maximum absolute atomic E-state index is 5.95. The fourth-order valence-corrected chi connectivity index (χ4v) is 2.28. The van der Waals surface area contributed by atoms with Gasteiger partial charge in [0.15, 0.2) is 5.76 Å². The molecule has 4 nitrogen and oxygen atoms in total. The van der Waals surface area contributed by atoms with Gasteiger partial charge in [-0.3, -0.25) is 0 Å². The molecule has 0 spiro atoms. The van der Waals surface area contributed by atoms with Gasteiger partial charge in [0.25, 0.3) is 0 Å². The van der Waals surface area contributed by atoms with Crippen LogP contribution in [0.4, 0.5) is 5.82 Å². The van der Waals surface area contributed by atoms with Gasteiger partial charge >= 0.3 is 0 Å². The van der Waals surface area contributed by atoms with Crippen molar-refractivity contribution in [2.75, 3.05) is 12.4 Å². The lowest BCUT2D eigenvalue weighted by molar-refractivity contribution is 0.625. The molecule has 3 aromatic rings. The normalized spacial score (nSPS) is 10.9. The number of hydrogen-bond acceptors (Lipinski definition) is 4. The summed E-state index contributed by atoms with van der Waals surface area (Å²) >= 11 is 0. The third kappa shape index (κ3) is 1.85. The highest BCUT2D eigenvalue weighted by Crippen LogP contribution is 2.31. The standard InChI is InChI=1S/C15H15N3O/c1-9-5-4-6-11-7-12(19-14(9)11)13-10(2)15(16-3)18-8-17-13/h4-8H,1-3H3,(H,16,17,18). The van der Waals surface area contributed by atoms with Gasteiger partial charge in [-0.1, -0.05) is 18.2 Å². The summed E-state index contributed by atoms with van der Waals surface area (Å²) in [6, 6.07) is 8.15. The van der Waals surface area contributed by atoms with Crippen molar-refractivity contribution in [2.45, 2.75) is 13.8 Å². The van der Waals surface area contributed by atoms with Gasteiger partial charge in [0.05, 0.1) is 0 Å². The van der Waals surface area contributed by atoms with E-state index in [-0.39, 0.29) is 0 Å². The summed E-state index contributed by atoms with van der Waals surface area (Å²) in [6.07, 6.45) is 1.55. The second-order valence-electron chi connectivity index (χ2n) is 4.55. The first-order valence-corrected chi connectivity index (χ1v) is 6.19. The number of rotatable bonds is 2. The molecule has 0 bridgehead atoms. The molecule has 2 aromatic heterocycles. The second kappa shape index (κ2) is 4.39. The van der Waals surface area contributed by atoms with Gasteiger partial charge in [0, 0.05) is 18.0 Å². The maximum Gasteiger partial charge on any atom is 0.154 e. The SMILES string of the molecule is CNc1ncnc(-c2cc3cccc(C)c3o2)c1C. The van der Waals surface area contributed by atoms with Crippen LogP contribution in [0, 0.1) is 13.8 Å². The topological polar surface area (TPSA) is 51.0 Å². The van der Waals surface area contributed by atoms with E-state index in [1.165, 1.54) is 0 Å². The third-order valence-corrected chi connectivity index (χ3v) is 3.30. The zero-order chi connectivity index (χ0) is 13.4. The first-order valence-electron chi connectivity index (χ1n) is 6.19. The Morgan fingerprint density at radius 3 is 2.74 bits per heavy atom. The first kappa shape index (κ1) is 11.7. The Kier molecular flexibility index (Phi) is 2.71.